The Balaban J connectivity index is 1.71. The molecule has 0 radical (unpaired) electrons. The van der Waals surface area contributed by atoms with Crippen LogP contribution in [0.1, 0.15) is 34.9 Å². The van der Waals surface area contributed by atoms with Crippen molar-refractivity contribution in [3.8, 4) is 5.75 Å². The van der Waals surface area contributed by atoms with Gasteiger partial charge in [0.2, 0.25) is 0 Å². The molecule has 3 rings (SSSR count). The van der Waals surface area contributed by atoms with Gasteiger partial charge in [-0.05, 0) is 49.7 Å². The zero-order valence-electron chi connectivity index (χ0n) is 17.0. The van der Waals surface area contributed by atoms with Gasteiger partial charge in [0.1, 0.15) is 11.4 Å². The van der Waals surface area contributed by atoms with Gasteiger partial charge < -0.3 is 14.8 Å². The fourth-order valence-electron chi connectivity index (χ4n) is 3.52. The number of aromatic nitrogens is 2. The highest BCUT2D eigenvalue weighted by Crippen LogP contribution is 2.26. The van der Waals surface area contributed by atoms with Gasteiger partial charge in [0.15, 0.2) is 0 Å². The second kappa shape index (κ2) is 10.2. The Labute approximate surface area is 170 Å². The smallest absolute Gasteiger partial charge is 0.271 e. The molecule has 1 fully saturated rings. The number of amides is 1. The topological polar surface area (TPSA) is 85.7 Å². The van der Waals surface area contributed by atoms with Crippen molar-refractivity contribution in [2.45, 2.75) is 25.4 Å². The second-order valence-electron chi connectivity index (χ2n) is 7.01. The number of ether oxygens (including phenoxy) is 2. The number of nitrogens with one attached hydrogen (secondary N) is 1. The van der Waals surface area contributed by atoms with Crippen LogP contribution in [0.4, 0.5) is 0 Å². The van der Waals surface area contributed by atoms with Crippen LogP contribution >= 0.6 is 0 Å². The lowest BCUT2D eigenvalue weighted by atomic mass is 10.1. The van der Waals surface area contributed by atoms with E-state index < -0.39 is 0 Å². The van der Waals surface area contributed by atoms with Crippen molar-refractivity contribution in [1.29, 1.82) is 0 Å². The Morgan fingerprint density at radius 3 is 2.52 bits per heavy atom. The molecule has 0 unspecified atom stereocenters. The van der Waals surface area contributed by atoms with Crippen LogP contribution in [0, 0.1) is 0 Å². The summed E-state index contributed by atoms with van der Waals surface area (Å²) in [7, 11) is 3.20. The summed E-state index contributed by atoms with van der Waals surface area (Å²) < 4.78 is 11.5. The number of benzene rings is 1. The fraction of sp³-hybridized carbons (Fsp3) is 0.476. The molecule has 0 saturated carbocycles. The van der Waals surface area contributed by atoms with Crippen LogP contribution in [0.3, 0.4) is 0 Å². The van der Waals surface area contributed by atoms with Crippen LogP contribution in [-0.4, -0.2) is 61.0 Å². The van der Waals surface area contributed by atoms with Gasteiger partial charge in [-0.3, -0.25) is 14.5 Å². The van der Waals surface area contributed by atoms with Crippen LogP contribution in [0.15, 0.2) is 41.2 Å². The third kappa shape index (κ3) is 5.42. The van der Waals surface area contributed by atoms with Crippen molar-refractivity contribution in [1.82, 2.24) is 20.0 Å². The molecule has 1 amide bonds. The van der Waals surface area contributed by atoms with Gasteiger partial charge in [0.05, 0.1) is 26.3 Å². The third-order valence-electron chi connectivity index (χ3n) is 5.14. The van der Waals surface area contributed by atoms with E-state index in [0.29, 0.717) is 19.7 Å². The van der Waals surface area contributed by atoms with Crippen LogP contribution in [0.2, 0.25) is 0 Å². The lowest BCUT2D eigenvalue weighted by Gasteiger charge is -2.28. The molecule has 8 heteroatoms. The molecule has 156 valence electrons. The minimum Gasteiger partial charge on any atom is -0.497 e. The predicted octanol–water partition coefficient (Wildman–Crippen LogP) is 1.47. The first-order valence-corrected chi connectivity index (χ1v) is 9.85. The quantitative estimate of drug-likeness (QED) is 0.686. The minimum absolute atomic E-state index is 0.0757. The van der Waals surface area contributed by atoms with Crippen molar-refractivity contribution in [3.05, 3.63) is 58.0 Å². The molecule has 1 aliphatic rings. The molecule has 1 saturated heterocycles. The monoisotopic (exact) mass is 400 g/mol. The number of methoxy groups -OCH3 is 2. The van der Waals surface area contributed by atoms with Crippen LogP contribution in [-0.2, 0) is 11.3 Å². The summed E-state index contributed by atoms with van der Waals surface area (Å²) in [5.41, 5.74) is 1.09. The predicted molar refractivity (Wildman–Crippen MR) is 109 cm³/mol. The van der Waals surface area contributed by atoms with E-state index in [2.05, 4.69) is 15.3 Å². The lowest BCUT2D eigenvalue weighted by molar-refractivity contribution is 0.0929. The molecule has 0 spiro atoms. The number of rotatable bonds is 9. The Morgan fingerprint density at radius 1 is 1.14 bits per heavy atom. The highest BCUT2D eigenvalue weighted by atomic mass is 16.5. The van der Waals surface area contributed by atoms with E-state index in [9.17, 15) is 9.59 Å². The number of nitrogens with zero attached hydrogens (tertiary/aromatic N) is 3. The number of hydrogen-bond acceptors (Lipinski definition) is 6. The molecule has 29 heavy (non-hydrogen) atoms. The summed E-state index contributed by atoms with van der Waals surface area (Å²) in [6.07, 6.45) is 2.32. The zero-order valence-corrected chi connectivity index (χ0v) is 17.0. The van der Waals surface area contributed by atoms with E-state index >= 15 is 0 Å². The summed E-state index contributed by atoms with van der Waals surface area (Å²) in [5.74, 6) is 0.509. The SMILES string of the molecule is COCCn1nc(C(=O)NC[C@H](c2ccc(OC)cc2)N2CCCC2)ccc1=O. The summed E-state index contributed by atoms with van der Waals surface area (Å²) in [4.78, 5) is 26.9. The van der Waals surface area contributed by atoms with Gasteiger partial charge in [-0.2, -0.15) is 5.10 Å². The van der Waals surface area contributed by atoms with Gasteiger partial charge >= 0.3 is 0 Å². The maximum Gasteiger partial charge on any atom is 0.271 e. The first kappa shape index (κ1) is 21.0. The second-order valence-corrected chi connectivity index (χ2v) is 7.01. The van der Waals surface area contributed by atoms with E-state index in [4.69, 9.17) is 9.47 Å². The van der Waals surface area contributed by atoms with E-state index in [1.54, 1.807) is 14.2 Å². The standard InChI is InChI=1S/C21H28N4O4/c1-28-14-13-25-20(26)10-9-18(23-25)21(27)22-15-19(24-11-3-4-12-24)16-5-7-17(29-2)8-6-16/h5-10,19H,3-4,11-15H2,1-2H3,(H,22,27)/t19-/m1/s1. The fourth-order valence-corrected chi connectivity index (χ4v) is 3.52. The molecule has 0 bridgehead atoms. The van der Waals surface area contributed by atoms with Crippen molar-refractivity contribution >= 4 is 5.91 Å². The van der Waals surface area contributed by atoms with Crippen molar-refractivity contribution in [2.75, 3.05) is 40.5 Å². The molecular formula is C21H28N4O4. The van der Waals surface area contributed by atoms with Gasteiger partial charge in [-0.25, -0.2) is 4.68 Å². The zero-order chi connectivity index (χ0) is 20.6. The van der Waals surface area contributed by atoms with Gasteiger partial charge in [-0.15, -0.1) is 0 Å². The van der Waals surface area contributed by atoms with E-state index in [0.717, 1.165) is 37.2 Å². The number of carbonyl (C=O) groups excluding carboxylic acids is 1. The highest BCUT2D eigenvalue weighted by Gasteiger charge is 2.24. The van der Waals surface area contributed by atoms with Crippen LogP contribution < -0.4 is 15.6 Å². The average molecular weight is 400 g/mol. The Hall–Kier alpha value is -2.71. The largest absolute Gasteiger partial charge is 0.497 e. The molecular weight excluding hydrogens is 372 g/mol. The number of likely N-dealkylation sites (tertiary alicyclic amines) is 1. The van der Waals surface area contributed by atoms with Gasteiger partial charge in [0.25, 0.3) is 11.5 Å². The van der Waals surface area contributed by atoms with Crippen molar-refractivity contribution in [2.24, 2.45) is 0 Å². The number of hydrogen-bond donors (Lipinski definition) is 1. The Kier molecular flexibility index (Phi) is 7.37. The molecule has 1 aromatic heterocycles. The van der Waals surface area contributed by atoms with E-state index in [-0.39, 0.29) is 23.2 Å². The Bertz CT molecular complexity index is 860. The lowest BCUT2D eigenvalue weighted by Crippen LogP contribution is -2.38. The summed E-state index contributed by atoms with van der Waals surface area (Å²) in [5, 5.41) is 7.15. The molecule has 2 heterocycles. The first-order valence-electron chi connectivity index (χ1n) is 9.85. The molecule has 1 N–H and O–H groups in total. The summed E-state index contributed by atoms with van der Waals surface area (Å²) in [6.45, 7) is 3.13. The maximum absolute atomic E-state index is 12.7. The van der Waals surface area contributed by atoms with E-state index in [1.807, 2.05) is 24.3 Å². The molecule has 1 atom stereocenters. The molecule has 1 aliphatic heterocycles. The van der Waals surface area contributed by atoms with Crippen LogP contribution in [0.25, 0.3) is 0 Å². The van der Waals surface area contributed by atoms with E-state index in [1.165, 1.54) is 16.8 Å². The first-order chi connectivity index (χ1) is 14.1. The molecule has 8 nitrogen and oxygen atoms in total. The van der Waals surface area contributed by atoms with Crippen molar-refractivity contribution in [3.63, 3.8) is 0 Å². The molecule has 2 aromatic rings. The van der Waals surface area contributed by atoms with Gasteiger partial charge in [0, 0.05) is 19.7 Å². The number of carbonyl (C=O) groups is 1. The maximum atomic E-state index is 12.7. The van der Waals surface area contributed by atoms with Gasteiger partial charge in [-0.1, -0.05) is 12.1 Å². The summed E-state index contributed by atoms with van der Waals surface area (Å²) in [6, 6.07) is 10.8. The van der Waals surface area contributed by atoms with Crippen LogP contribution in [0.5, 0.6) is 5.75 Å². The molecule has 0 aliphatic carbocycles. The van der Waals surface area contributed by atoms with Crippen molar-refractivity contribution < 1.29 is 14.3 Å². The molecule has 1 aromatic carbocycles. The average Bonchev–Trinajstić information content (AvgIpc) is 3.28. The normalized spacial score (nSPS) is 15.2. The summed E-state index contributed by atoms with van der Waals surface area (Å²) >= 11 is 0. The minimum atomic E-state index is -0.297. The highest BCUT2D eigenvalue weighted by molar-refractivity contribution is 5.92. The third-order valence-corrected chi connectivity index (χ3v) is 5.14. The Morgan fingerprint density at radius 2 is 1.86 bits per heavy atom.